The molecule has 128 valence electrons. The van der Waals surface area contributed by atoms with Crippen LogP contribution in [0.3, 0.4) is 0 Å². The van der Waals surface area contributed by atoms with E-state index in [2.05, 4.69) is 0 Å². The molecule has 0 radical (unpaired) electrons. The van der Waals surface area contributed by atoms with E-state index in [-0.39, 0.29) is 18.5 Å². The van der Waals surface area contributed by atoms with Crippen molar-refractivity contribution in [3.8, 4) is 5.75 Å². The number of halogens is 1. The van der Waals surface area contributed by atoms with Gasteiger partial charge in [0.1, 0.15) is 25.0 Å². The monoisotopic (exact) mass is 342 g/mol. The average Bonchev–Trinajstić information content (AvgIpc) is 2.54. The van der Waals surface area contributed by atoms with E-state index in [0.29, 0.717) is 23.9 Å². The minimum Gasteiger partial charge on any atom is -0.491 e. The van der Waals surface area contributed by atoms with Crippen LogP contribution in [0.1, 0.15) is 19.8 Å². The maximum atomic E-state index is 11.7. The van der Waals surface area contributed by atoms with Crippen LogP contribution >= 0.6 is 11.6 Å². The molecular formula is C17H25ClNO4+. The molecule has 0 aromatic heterocycles. The summed E-state index contributed by atoms with van der Waals surface area (Å²) >= 11 is 5.89. The summed E-state index contributed by atoms with van der Waals surface area (Å²) in [5.74, 6) is 0.586. The van der Waals surface area contributed by atoms with Crippen molar-refractivity contribution in [2.24, 2.45) is 5.92 Å². The van der Waals surface area contributed by atoms with Crippen LogP contribution in [0.2, 0.25) is 5.02 Å². The molecule has 1 aromatic rings. The number of ether oxygens (including phenoxy) is 2. The Kier molecular flexibility index (Phi) is 7.15. The zero-order chi connectivity index (χ0) is 16.7. The topological polar surface area (TPSA) is 60.2 Å². The number of esters is 1. The maximum Gasteiger partial charge on any atom is 0.309 e. The minimum absolute atomic E-state index is 0.0125. The van der Waals surface area contributed by atoms with E-state index >= 15 is 0 Å². The van der Waals surface area contributed by atoms with Crippen molar-refractivity contribution >= 4 is 17.6 Å². The fraction of sp³-hybridized carbons (Fsp3) is 0.588. The molecule has 23 heavy (non-hydrogen) atoms. The molecule has 5 nitrogen and oxygen atoms in total. The van der Waals surface area contributed by atoms with Gasteiger partial charge in [-0.25, -0.2) is 0 Å². The second-order valence-electron chi connectivity index (χ2n) is 5.90. The van der Waals surface area contributed by atoms with Gasteiger partial charge in [-0.1, -0.05) is 17.7 Å². The smallest absolute Gasteiger partial charge is 0.309 e. The second kappa shape index (κ2) is 9.11. The Labute approximate surface area is 142 Å². The molecule has 2 rings (SSSR count). The summed E-state index contributed by atoms with van der Waals surface area (Å²) in [4.78, 5) is 13.0. The lowest BCUT2D eigenvalue weighted by Crippen LogP contribution is -3.14. The van der Waals surface area contributed by atoms with Gasteiger partial charge in [0.05, 0.1) is 25.6 Å². The Morgan fingerprint density at radius 2 is 2.17 bits per heavy atom. The number of benzene rings is 1. The molecule has 0 saturated carbocycles. The third-order valence-electron chi connectivity index (χ3n) is 4.08. The summed E-state index contributed by atoms with van der Waals surface area (Å²) in [5.41, 5.74) is 0. The Balaban J connectivity index is 1.68. The number of carbonyl (C=O) groups excluding carboxylic acids is 1. The van der Waals surface area contributed by atoms with Crippen molar-refractivity contribution < 1.29 is 24.3 Å². The van der Waals surface area contributed by atoms with Crippen LogP contribution < -0.4 is 9.64 Å². The van der Waals surface area contributed by atoms with Gasteiger partial charge in [-0.15, -0.1) is 0 Å². The number of aliphatic hydroxyl groups excluding tert-OH is 1. The average molecular weight is 343 g/mol. The molecule has 1 aliphatic heterocycles. The molecule has 1 aliphatic rings. The molecule has 1 atom stereocenters. The van der Waals surface area contributed by atoms with Gasteiger partial charge in [0.25, 0.3) is 0 Å². The molecule has 1 saturated heterocycles. The van der Waals surface area contributed by atoms with Crippen molar-refractivity contribution in [1.82, 2.24) is 0 Å². The van der Waals surface area contributed by atoms with E-state index in [4.69, 9.17) is 21.1 Å². The molecule has 6 heteroatoms. The summed E-state index contributed by atoms with van der Waals surface area (Å²) in [5, 5.41) is 10.7. The van der Waals surface area contributed by atoms with Crippen LogP contribution in [0.25, 0.3) is 0 Å². The molecule has 0 bridgehead atoms. The highest BCUT2D eigenvalue weighted by molar-refractivity contribution is 6.30. The lowest BCUT2D eigenvalue weighted by atomic mass is 9.97. The largest absolute Gasteiger partial charge is 0.491 e. The molecule has 1 heterocycles. The number of likely N-dealkylation sites (tertiary alicyclic amines) is 1. The Morgan fingerprint density at radius 3 is 2.83 bits per heavy atom. The SMILES string of the molecule is CCOC(=O)C1CC[NH+](C[C@H](O)COc2cccc(Cl)c2)CC1. The van der Waals surface area contributed by atoms with E-state index < -0.39 is 6.10 Å². The van der Waals surface area contributed by atoms with Crippen molar-refractivity contribution in [2.45, 2.75) is 25.9 Å². The zero-order valence-corrected chi connectivity index (χ0v) is 14.2. The Hall–Kier alpha value is -1.30. The van der Waals surface area contributed by atoms with Gasteiger partial charge < -0.3 is 19.5 Å². The molecule has 1 fully saturated rings. The minimum atomic E-state index is -0.539. The van der Waals surface area contributed by atoms with Gasteiger partial charge in [-0.3, -0.25) is 4.79 Å². The fourth-order valence-corrected chi connectivity index (χ4v) is 3.05. The van der Waals surface area contributed by atoms with Gasteiger partial charge in [-0.2, -0.15) is 0 Å². The maximum absolute atomic E-state index is 11.7. The molecule has 2 N–H and O–H groups in total. The lowest BCUT2D eigenvalue weighted by molar-refractivity contribution is -0.908. The van der Waals surface area contributed by atoms with Crippen LogP contribution in [0, 0.1) is 5.92 Å². The molecule has 0 unspecified atom stereocenters. The first-order valence-corrected chi connectivity index (χ1v) is 8.53. The number of aliphatic hydroxyl groups is 1. The quantitative estimate of drug-likeness (QED) is 0.724. The number of quaternary nitrogens is 1. The molecule has 1 aromatic carbocycles. The van der Waals surface area contributed by atoms with Crippen molar-refractivity contribution in [2.75, 3.05) is 32.8 Å². The molecule has 0 amide bonds. The van der Waals surface area contributed by atoms with Gasteiger partial charge in [0.2, 0.25) is 0 Å². The lowest BCUT2D eigenvalue weighted by Gasteiger charge is -2.29. The summed E-state index contributed by atoms with van der Waals surface area (Å²) in [6, 6.07) is 7.14. The van der Waals surface area contributed by atoms with Crippen LogP contribution in [0.15, 0.2) is 24.3 Å². The predicted octanol–water partition coefficient (Wildman–Crippen LogP) is 0.938. The Bertz CT molecular complexity index is 503. The molecular weight excluding hydrogens is 318 g/mol. The summed E-state index contributed by atoms with van der Waals surface area (Å²) in [6.07, 6.45) is 1.09. The first-order valence-electron chi connectivity index (χ1n) is 8.15. The number of carbonyl (C=O) groups is 1. The van der Waals surface area contributed by atoms with Gasteiger partial charge in [0.15, 0.2) is 0 Å². The first-order chi connectivity index (χ1) is 11.1. The molecule has 0 aliphatic carbocycles. The van der Waals surface area contributed by atoms with Crippen molar-refractivity contribution in [1.29, 1.82) is 0 Å². The highest BCUT2D eigenvalue weighted by Gasteiger charge is 2.29. The Morgan fingerprint density at radius 1 is 1.43 bits per heavy atom. The van der Waals surface area contributed by atoms with E-state index in [1.54, 1.807) is 12.1 Å². The summed E-state index contributed by atoms with van der Waals surface area (Å²) in [7, 11) is 0. The van der Waals surface area contributed by atoms with Gasteiger partial charge in [-0.05, 0) is 25.1 Å². The number of nitrogens with one attached hydrogen (secondary N) is 1. The van der Waals surface area contributed by atoms with E-state index in [1.165, 1.54) is 4.90 Å². The van der Waals surface area contributed by atoms with Gasteiger partial charge in [0, 0.05) is 17.9 Å². The predicted molar refractivity (Wildman–Crippen MR) is 87.9 cm³/mol. The number of rotatable bonds is 7. The van der Waals surface area contributed by atoms with Gasteiger partial charge >= 0.3 is 5.97 Å². The standard InChI is InChI=1S/C17H24ClNO4/c1-2-22-17(21)13-6-8-19(9-7-13)11-15(20)12-23-16-5-3-4-14(18)10-16/h3-5,10,13,15,20H,2,6-9,11-12H2,1H3/p+1/t15-/m0/s1. The highest BCUT2D eigenvalue weighted by atomic mass is 35.5. The van der Waals surface area contributed by atoms with Crippen LogP contribution in [-0.2, 0) is 9.53 Å². The number of piperidine rings is 1. The zero-order valence-electron chi connectivity index (χ0n) is 13.5. The van der Waals surface area contributed by atoms with E-state index in [1.807, 2.05) is 19.1 Å². The summed E-state index contributed by atoms with van der Waals surface area (Å²) < 4.78 is 10.6. The second-order valence-corrected chi connectivity index (χ2v) is 6.34. The number of hydrogen-bond donors (Lipinski definition) is 2. The third kappa shape index (κ3) is 6.01. The number of hydrogen-bond acceptors (Lipinski definition) is 4. The third-order valence-corrected chi connectivity index (χ3v) is 4.31. The first kappa shape index (κ1) is 18.0. The van der Waals surface area contributed by atoms with Crippen LogP contribution in [-0.4, -0.2) is 50.0 Å². The van der Waals surface area contributed by atoms with E-state index in [0.717, 1.165) is 25.9 Å². The summed E-state index contributed by atoms with van der Waals surface area (Å²) in [6.45, 7) is 4.87. The molecule has 0 spiro atoms. The highest BCUT2D eigenvalue weighted by Crippen LogP contribution is 2.17. The normalized spacial score (nSPS) is 22.4. The van der Waals surface area contributed by atoms with Crippen molar-refractivity contribution in [3.05, 3.63) is 29.3 Å². The fourth-order valence-electron chi connectivity index (χ4n) is 2.87. The van der Waals surface area contributed by atoms with Crippen LogP contribution in [0.4, 0.5) is 0 Å². The van der Waals surface area contributed by atoms with E-state index in [9.17, 15) is 9.90 Å². The van der Waals surface area contributed by atoms with Crippen LogP contribution in [0.5, 0.6) is 5.75 Å². The van der Waals surface area contributed by atoms with Crippen molar-refractivity contribution in [3.63, 3.8) is 0 Å².